The number of hydrogen-bond acceptors (Lipinski definition) is 3. The van der Waals surface area contributed by atoms with Gasteiger partial charge in [0.1, 0.15) is 0 Å². The third kappa shape index (κ3) is 2.01. The predicted octanol–water partition coefficient (Wildman–Crippen LogP) is 3.50. The van der Waals surface area contributed by atoms with Gasteiger partial charge in [0.2, 0.25) is 0 Å². The van der Waals surface area contributed by atoms with E-state index in [4.69, 9.17) is 0 Å². The Morgan fingerprint density at radius 1 is 0.917 bits per heavy atom. The van der Waals surface area contributed by atoms with Crippen LogP contribution in [-0.4, -0.2) is 33.1 Å². The van der Waals surface area contributed by atoms with E-state index in [-0.39, 0.29) is 11.5 Å². The summed E-state index contributed by atoms with van der Waals surface area (Å²) in [6, 6.07) is 0. The third-order valence-electron chi connectivity index (χ3n) is 9.58. The number of rotatable bonds is 1. The van der Waals surface area contributed by atoms with Crippen molar-refractivity contribution in [3.05, 3.63) is 0 Å². The molecule has 9 atom stereocenters. The van der Waals surface area contributed by atoms with E-state index in [0.717, 1.165) is 32.1 Å². The Kier molecular flexibility index (Phi) is 3.92. The molecule has 0 spiro atoms. The fourth-order valence-electron chi connectivity index (χ4n) is 7.98. The summed E-state index contributed by atoms with van der Waals surface area (Å²) in [4.78, 5) is 0. The fraction of sp³-hybridized carbons (Fsp3) is 1.00. The highest BCUT2D eigenvalue weighted by atomic mass is 16.3. The summed E-state index contributed by atoms with van der Waals surface area (Å²) in [7, 11) is 0. The first kappa shape index (κ1) is 17.3. The van der Waals surface area contributed by atoms with Crippen LogP contribution in [0.25, 0.3) is 0 Å². The Morgan fingerprint density at radius 3 is 2.38 bits per heavy atom. The minimum Gasteiger partial charge on any atom is -0.393 e. The van der Waals surface area contributed by atoms with Gasteiger partial charge in [-0.3, -0.25) is 0 Å². The number of aliphatic hydroxyl groups is 3. The number of fused-ring (bicyclic) bond motifs is 5. The van der Waals surface area contributed by atoms with Gasteiger partial charge in [-0.2, -0.15) is 0 Å². The van der Waals surface area contributed by atoms with E-state index in [9.17, 15) is 15.3 Å². The zero-order valence-electron chi connectivity index (χ0n) is 15.7. The van der Waals surface area contributed by atoms with Crippen LogP contribution in [-0.2, 0) is 0 Å². The maximum absolute atomic E-state index is 11.3. The molecular weight excluding hydrogens is 300 g/mol. The highest BCUT2D eigenvalue weighted by Crippen LogP contribution is 2.68. The van der Waals surface area contributed by atoms with E-state index >= 15 is 0 Å². The first-order valence-electron chi connectivity index (χ1n) is 10.3. The van der Waals surface area contributed by atoms with Crippen molar-refractivity contribution in [2.24, 2.45) is 34.5 Å². The van der Waals surface area contributed by atoms with Crippen LogP contribution in [0, 0.1) is 34.5 Å². The Balaban J connectivity index is 1.65. The molecule has 4 aliphatic carbocycles. The van der Waals surface area contributed by atoms with E-state index in [0.29, 0.717) is 35.5 Å². The van der Waals surface area contributed by atoms with Crippen LogP contribution >= 0.6 is 0 Å². The van der Waals surface area contributed by atoms with Crippen molar-refractivity contribution >= 4 is 0 Å². The standard InChI is InChI=1S/C21H36O3/c1-4-21(24)18(23)12-17-15-6-5-13-11-14(22)7-9-19(13,2)16(15)8-10-20(17,21)3/h13-18,22-24H,4-12H2,1-3H3/t13-,14-,15+,16-,17-,18-,19-,20-,21-/m0/s1. The van der Waals surface area contributed by atoms with Gasteiger partial charge in [0.15, 0.2) is 0 Å². The maximum Gasteiger partial charge on any atom is 0.0958 e. The topological polar surface area (TPSA) is 60.7 Å². The highest BCUT2D eigenvalue weighted by Gasteiger charge is 2.66. The number of hydrogen-bond donors (Lipinski definition) is 3. The van der Waals surface area contributed by atoms with Gasteiger partial charge in [-0.15, -0.1) is 0 Å². The lowest BCUT2D eigenvalue weighted by Gasteiger charge is -2.61. The molecule has 0 aromatic rings. The quantitative estimate of drug-likeness (QED) is 0.687. The van der Waals surface area contributed by atoms with Crippen molar-refractivity contribution in [1.29, 1.82) is 0 Å². The fourth-order valence-corrected chi connectivity index (χ4v) is 7.98. The van der Waals surface area contributed by atoms with E-state index in [2.05, 4.69) is 13.8 Å². The SMILES string of the molecule is CC[C@]1(O)[C@@H](O)C[C@H]2[C@@H]3CC[C@H]4C[C@@H](O)CC[C@]4(C)[C@H]3CC[C@@]21C. The minimum atomic E-state index is -0.900. The molecule has 4 aliphatic rings. The molecule has 0 aliphatic heterocycles. The Bertz CT molecular complexity index is 507. The summed E-state index contributed by atoms with van der Waals surface area (Å²) in [5.74, 6) is 2.49. The molecule has 138 valence electrons. The largest absolute Gasteiger partial charge is 0.393 e. The van der Waals surface area contributed by atoms with Crippen molar-refractivity contribution < 1.29 is 15.3 Å². The van der Waals surface area contributed by atoms with Crippen molar-refractivity contribution in [3.63, 3.8) is 0 Å². The normalized spacial score (nSPS) is 60.2. The second kappa shape index (κ2) is 5.44. The Morgan fingerprint density at radius 2 is 1.67 bits per heavy atom. The maximum atomic E-state index is 11.3. The first-order chi connectivity index (χ1) is 11.3. The monoisotopic (exact) mass is 336 g/mol. The molecule has 0 bridgehead atoms. The first-order valence-corrected chi connectivity index (χ1v) is 10.3. The molecule has 24 heavy (non-hydrogen) atoms. The lowest BCUT2D eigenvalue weighted by atomic mass is 9.44. The summed E-state index contributed by atoms with van der Waals surface area (Å²) < 4.78 is 0. The molecule has 4 saturated carbocycles. The molecule has 4 rings (SSSR count). The molecule has 3 nitrogen and oxygen atoms in total. The zero-order valence-corrected chi connectivity index (χ0v) is 15.7. The average molecular weight is 337 g/mol. The molecule has 4 fully saturated rings. The van der Waals surface area contributed by atoms with Gasteiger partial charge >= 0.3 is 0 Å². The highest BCUT2D eigenvalue weighted by molar-refractivity contribution is 5.16. The molecule has 0 unspecified atom stereocenters. The molecule has 0 amide bonds. The Hall–Kier alpha value is -0.120. The summed E-state index contributed by atoms with van der Waals surface area (Å²) >= 11 is 0. The zero-order chi connectivity index (χ0) is 17.3. The summed E-state index contributed by atoms with van der Waals surface area (Å²) in [5.41, 5.74) is -0.662. The van der Waals surface area contributed by atoms with Crippen LogP contribution in [0.4, 0.5) is 0 Å². The van der Waals surface area contributed by atoms with E-state index in [1.807, 2.05) is 6.92 Å². The van der Waals surface area contributed by atoms with Crippen LogP contribution in [0.5, 0.6) is 0 Å². The molecule has 0 radical (unpaired) electrons. The van der Waals surface area contributed by atoms with Crippen LogP contribution < -0.4 is 0 Å². The Labute approximate surface area is 146 Å². The molecule has 0 aromatic heterocycles. The molecule has 0 saturated heterocycles. The summed E-state index contributed by atoms with van der Waals surface area (Å²) in [6.07, 6.45) is 8.58. The van der Waals surface area contributed by atoms with Crippen LogP contribution in [0.2, 0.25) is 0 Å². The van der Waals surface area contributed by atoms with Gasteiger partial charge in [0.05, 0.1) is 17.8 Å². The van der Waals surface area contributed by atoms with Gasteiger partial charge < -0.3 is 15.3 Å². The predicted molar refractivity (Wildman–Crippen MR) is 94.4 cm³/mol. The van der Waals surface area contributed by atoms with Gasteiger partial charge in [0.25, 0.3) is 0 Å². The van der Waals surface area contributed by atoms with Gasteiger partial charge in [-0.25, -0.2) is 0 Å². The smallest absolute Gasteiger partial charge is 0.0958 e. The van der Waals surface area contributed by atoms with E-state index in [1.165, 1.54) is 19.3 Å². The van der Waals surface area contributed by atoms with Crippen LogP contribution in [0.1, 0.15) is 78.6 Å². The van der Waals surface area contributed by atoms with Crippen molar-refractivity contribution in [2.75, 3.05) is 0 Å². The summed E-state index contributed by atoms with van der Waals surface area (Å²) in [6.45, 7) is 6.77. The van der Waals surface area contributed by atoms with Crippen molar-refractivity contribution in [1.82, 2.24) is 0 Å². The molecule has 0 heterocycles. The minimum absolute atomic E-state index is 0.0908. The van der Waals surface area contributed by atoms with Gasteiger partial charge in [-0.1, -0.05) is 20.8 Å². The van der Waals surface area contributed by atoms with Crippen molar-refractivity contribution in [3.8, 4) is 0 Å². The molecule has 3 N–H and O–H groups in total. The van der Waals surface area contributed by atoms with Gasteiger partial charge in [0, 0.05) is 5.41 Å². The lowest BCUT2D eigenvalue weighted by molar-refractivity contribution is -0.173. The second-order valence-corrected chi connectivity index (χ2v) is 10.1. The number of aliphatic hydroxyl groups excluding tert-OH is 2. The van der Waals surface area contributed by atoms with Gasteiger partial charge in [-0.05, 0) is 86.9 Å². The molecular formula is C21H36O3. The van der Waals surface area contributed by atoms with Crippen LogP contribution in [0.3, 0.4) is 0 Å². The molecule has 0 aromatic carbocycles. The second-order valence-electron chi connectivity index (χ2n) is 10.1. The van der Waals surface area contributed by atoms with E-state index < -0.39 is 11.7 Å². The third-order valence-corrected chi connectivity index (χ3v) is 9.58. The van der Waals surface area contributed by atoms with Crippen molar-refractivity contribution in [2.45, 2.75) is 96.4 Å². The molecule has 3 heteroatoms. The van der Waals surface area contributed by atoms with E-state index in [1.54, 1.807) is 0 Å². The summed E-state index contributed by atoms with van der Waals surface area (Å²) in [5, 5.41) is 32.1. The average Bonchev–Trinajstić information content (AvgIpc) is 2.76. The van der Waals surface area contributed by atoms with Crippen LogP contribution in [0.15, 0.2) is 0 Å². The lowest BCUT2D eigenvalue weighted by Crippen LogP contribution is -2.57.